The molecule has 0 amide bonds. The highest BCUT2D eigenvalue weighted by atomic mass is 35.5. The van der Waals surface area contributed by atoms with Crippen LogP contribution in [-0.4, -0.2) is 13.2 Å². The zero-order valence-corrected chi connectivity index (χ0v) is 13.6. The van der Waals surface area contributed by atoms with E-state index in [-0.39, 0.29) is 0 Å². The Morgan fingerprint density at radius 2 is 2.05 bits per heavy atom. The molecule has 2 aliphatic carbocycles. The topological polar surface area (TPSA) is 21.3 Å². The van der Waals surface area contributed by atoms with Crippen LogP contribution in [0.15, 0.2) is 18.2 Å². The third-order valence-electron chi connectivity index (χ3n) is 6.29. The van der Waals surface area contributed by atoms with Crippen LogP contribution < -0.4 is 10.1 Å². The lowest BCUT2D eigenvalue weighted by Crippen LogP contribution is -2.40. The Morgan fingerprint density at radius 1 is 1.30 bits per heavy atom. The number of halogens is 1. The van der Waals surface area contributed by atoms with Gasteiger partial charge in [-0.25, -0.2) is 0 Å². The summed E-state index contributed by atoms with van der Waals surface area (Å²) in [6, 6.07) is 6.50. The molecule has 3 atom stereocenters. The van der Waals surface area contributed by atoms with Crippen LogP contribution in [0.4, 0.5) is 5.69 Å². The SMILES string of the molecule is COc1cc(NC2CC3CCC2(C)C3(C)C)ccc1Cl. The van der Waals surface area contributed by atoms with E-state index in [2.05, 4.69) is 26.1 Å². The fraction of sp³-hybridized carbons (Fsp3) is 0.647. The van der Waals surface area contributed by atoms with E-state index in [0.717, 1.165) is 17.4 Å². The first-order valence-electron chi connectivity index (χ1n) is 7.48. The van der Waals surface area contributed by atoms with Gasteiger partial charge in [-0.1, -0.05) is 32.4 Å². The van der Waals surface area contributed by atoms with E-state index in [4.69, 9.17) is 16.3 Å². The Balaban J connectivity index is 1.83. The van der Waals surface area contributed by atoms with Crippen molar-refractivity contribution in [1.82, 2.24) is 0 Å². The average Bonchev–Trinajstić information content (AvgIpc) is 2.74. The van der Waals surface area contributed by atoms with Gasteiger partial charge in [-0.2, -0.15) is 0 Å². The summed E-state index contributed by atoms with van der Waals surface area (Å²) >= 11 is 6.10. The predicted octanol–water partition coefficient (Wildman–Crippen LogP) is 4.98. The van der Waals surface area contributed by atoms with Crippen LogP contribution in [0.5, 0.6) is 5.75 Å². The summed E-state index contributed by atoms with van der Waals surface area (Å²) in [5.41, 5.74) is 1.92. The van der Waals surface area contributed by atoms with E-state index >= 15 is 0 Å². The minimum Gasteiger partial charge on any atom is -0.495 e. The van der Waals surface area contributed by atoms with Crippen molar-refractivity contribution < 1.29 is 4.74 Å². The Hall–Kier alpha value is -0.890. The molecule has 0 aromatic heterocycles. The Bertz CT molecular complexity index is 528. The molecule has 1 aromatic rings. The van der Waals surface area contributed by atoms with Crippen LogP contribution in [0.25, 0.3) is 0 Å². The normalized spacial score (nSPS) is 34.2. The fourth-order valence-corrected chi connectivity index (χ4v) is 4.57. The fourth-order valence-electron chi connectivity index (χ4n) is 4.37. The molecule has 1 aromatic carbocycles. The molecule has 2 aliphatic rings. The molecular weight excluding hydrogens is 270 g/mol. The molecule has 110 valence electrons. The largest absolute Gasteiger partial charge is 0.495 e. The molecule has 0 spiro atoms. The van der Waals surface area contributed by atoms with E-state index in [1.807, 2.05) is 18.2 Å². The number of hydrogen-bond acceptors (Lipinski definition) is 2. The summed E-state index contributed by atoms with van der Waals surface area (Å²) in [5.74, 6) is 1.59. The Labute approximate surface area is 126 Å². The van der Waals surface area contributed by atoms with Gasteiger partial charge in [0.05, 0.1) is 12.1 Å². The maximum absolute atomic E-state index is 6.10. The lowest BCUT2D eigenvalue weighted by atomic mass is 9.69. The molecule has 20 heavy (non-hydrogen) atoms. The molecule has 2 saturated carbocycles. The molecule has 0 radical (unpaired) electrons. The maximum Gasteiger partial charge on any atom is 0.139 e. The van der Waals surface area contributed by atoms with Gasteiger partial charge in [0.1, 0.15) is 5.75 Å². The van der Waals surface area contributed by atoms with Crippen molar-refractivity contribution in [2.45, 2.75) is 46.1 Å². The number of methoxy groups -OCH3 is 1. The van der Waals surface area contributed by atoms with E-state index in [1.165, 1.54) is 19.3 Å². The molecule has 3 heteroatoms. The second-order valence-electron chi connectivity index (χ2n) is 7.16. The summed E-state index contributed by atoms with van der Waals surface area (Å²) in [6.45, 7) is 7.33. The summed E-state index contributed by atoms with van der Waals surface area (Å²) in [5, 5.41) is 4.40. The van der Waals surface area contributed by atoms with Gasteiger partial charge in [0.15, 0.2) is 0 Å². The monoisotopic (exact) mass is 293 g/mol. The first-order chi connectivity index (χ1) is 9.38. The standard InChI is InChI=1S/C17H24ClNO/c1-16(2)11-7-8-17(16,3)15(9-11)19-12-5-6-13(18)14(10-12)20-4/h5-6,10-11,15,19H,7-9H2,1-4H3. The van der Waals surface area contributed by atoms with Crippen LogP contribution in [0.1, 0.15) is 40.0 Å². The molecule has 2 fully saturated rings. The minimum absolute atomic E-state index is 0.380. The summed E-state index contributed by atoms with van der Waals surface area (Å²) in [6.07, 6.45) is 3.98. The smallest absolute Gasteiger partial charge is 0.139 e. The highest BCUT2D eigenvalue weighted by molar-refractivity contribution is 6.32. The van der Waals surface area contributed by atoms with Crippen molar-refractivity contribution in [3.05, 3.63) is 23.2 Å². The molecule has 3 rings (SSSR count). The number of benzene rings is 1. The van der Waals surface area contributed by atoms with E-state index in [1.54, 1.807) is 7.11 Å². The lowest BCUT2D eigenvalue weighted by Gasteiger charge is -2.40. The minimum atomic E-state index is 0.380. The molecule has 1 N–H and O–H groups in total. The van der Waals surface area contributed by atoms with E-state index < -0.39 is 0 Å². The Kier molecular flexibility index (Phi) is 3.20. The van der Waals surface area contributed by atoms with Gasteiger partial charge >= 0.3 is 0 Å². The number of ether oxygens (including phenoxy) is 1. The van der Waals surface area contributed by atoms with Crippen molar-refractivity contribution in [3.8, 4) is 5.75 Å². The summed E-state index contributed by atoms with van der Waals surface area (Å²) in [4.78, 5) is 0. The molecule has 0 heterocycles. The zero-order valence-electron chi connectivity index (χ0n) is 12.8. The van der Waals surface area contributed by atoms with Crippen molar-refractivity contribution in [2.75, 3.05) is 12.4 Å². The molecular formula is C17H24ClNO. The quantitative estimate of drug-likeness (QED) is 0.849. The van der Waals surface area contributed by atoms with Crippen LogP contribution in [0.3, 0.4) is 0 Å². The molecule has 3 unspecified atom stereocenters. The van der Waals surface area contributed by atoms with Gasteiger partial charge in [0.25, 0.3) is 0 Å². The summed E-state index contributed by atoms with van der Waals surface area (Å²) in [7, 11) is 1.66. The van der Waals surface area contributed by atoms with Gasteiger partial charge in [0, 0.05) is 17.8 Å². The second kappa shape index (κ2) is 4.56. The van der Waals surface area contributed by atoms with Crippen molar-refractivity contribution in [2.24, 2.45) is 16.7 Å². The predicted molar refractivity (Wildman–Crippen MR) is 84.6 cm³/mol. The van der Waals surface area contributed by atoms with E-state index in [0.29, 0.717) is 21.9 Å². The van der Waals surface area contributed by atoms with Crippen molar-refractivity contribution in [1.29, 1.82) is 0 Å². The van der Waals surface area contributed by atoms with E-state index in [9.17, 15) is 0 Å². The maximum atomic E-state index is 6.10. The first kappa shape index (κ1) is 14.1. The van der Waals surface area contributed by atoms with Gasteiger partial charge < -0.3 is 10.1 Å². The van der Waals surface area contributed by atoms with Crippen LogP contribution in [0.2, 0.25) is 5.02 Å². The second-order valence-corrected chi connectivity index (χ2v) is 7.56. The highest BCUT2D eigenvalue weighted by Crippen LogP contribution is 2.65. The Morgan fingerprint density at radius 3 is 2.60 bits per heavy atom. The summed E-state index contributed by atoms with van der Waals surface area (Å²) < 4.78 is 5.31. The van der Waals surface area contributed by atoms with Gasteiger partial charge in [-0.3, -0.25) is 0 Å². The van der Waals surface area contributed by atoms with Gasteiger partial charge in [-0.15, -0.1) is 0 Å². The third-order valence-corrected chi connectivity index (χ3v) is 6.60. The van der Waals surface area contributed by atoms with Crippen LogP contribution in [0, 0.1) is 16.7 Å². The van der Waals surface area contributed by atoms with Crippen molar-refractivity contribution in [3.63, 3.8) is 0 Å². The highest BCUT2D eigenvalue weighted by Gasteiger charge is 2.61. The lowest BCUT2D eigenvalue weighted by molar-refractivity contribution is 0.142. The van der Waals surface area contributed by atoms with Crippen molar-refractivity contribution >= 4 is 17.3 Å². The number of hydrogen-bond donors (Lipinski definition) is 1. The van der Waals surface area contributed by atoms with Gasteiger partial charge in [0.2, 0.25) is 0 Å². The first-order valence-corrected chi connectivity index (χ1v) is 7.86. The van der Waals surface area contributed by atoms with Crippen LogP contribution in [-0.2, 0) is 0 Å². The number of fused-ring (bicyclic) bond motifs is 2. The number of rotatable bonds is 3. The number of nitrogens with one attached hydrogen (secondary N) is 1. The molecule has 0 aliphatic heterocycles. The van der Waals surface area contributed by atoms with Crippen LogP contribution >= 0.6 is 11.6 Å². The zero-order chi connectivity index (χ0) is 14.5. The molecule has 2 bridgehead atoms. The third kappa shape index (κ3) is 1.84. The molecule has 2 nitrogen and oxygen atoms in total. The molecule has 0 saturated heterocycles. The van der Waals surface area contributed by atoms with Gasteiger partial charge in [-0.05, 0) is 48.1 Å². The average molecular weight is 294 g/mol. The number of anilines is 1.